The van der Waals surface area contributed by atoms with E-state index in [-0.39, 0.29) is 17.7 Å². The fraction of sp³-hybridized carbons (Fsp3) is 0.273. The van der Waals surface area contributed by atoms with Gasteiger partial charge >= 0.3 is 11.9 Å². The molecule has 0 spiro atoms. The first-order chi connectivity index (χ1) is 18.3. The number of rotatable bonds is 5. The molecule has 3 aromatic carbocycles. The first-order valence-electron chi connectivity index (χ1n) is 12.9. The minimum atomic E-state index is -0.921. The summed E-state index contributed by atoms with van der Waals surface area (Å²) in [5.41, 5.74) is 1.53. The second-order valence-corrected chi connectivity index (χ2v) is 10.4. The van der Waals surface area contributed by atoms with Crippen LogP contribution >= 0.6 is 0 Å². The number of hydrogen-bond acceptors (Lipinski definition) is 4. The van der Waals surface area contributed by atoms with Crippen LogP contribution in [0.3, 0.4) is 0 Å². The Morgan fingerprint density at radius 2 is 1.37 bits per heavy atom. The maximum absolute atomic E-state index is 15.6. The number of allylic oxidation sites excluding steroid dienone is 4. The summed E-state index contributed by atoms with van der Waals surface area (Å²) >= 11 is 0. The molecule has 6 unspecified atom stereocenters. The molecule has 0 amide bonds. The molecular formula is C33H31FO4. The Balaban J connectivity index is 1.65. The molecule has 5 heteroatoms. The third-order valence-corrected chi connectivity index (χ3v) is 8.25. The average molecular weight is 511 g/mol. The van der Waals surface area contributed by atoms with Crippen LogP contribution in [0, 0.1) is 30.0 Å². The van der Waals surface area contributed by atoms with Gasteiger partial charge in [-0.1, -0.05) is 86.7 Å². The van der Waals surface area contributed by atoms with Crippen molar-refractivity contribution in [3.63, 3.8) is 0 Å². The van der Waals surface area contributed by atoms with Crippen molar-refractivity contribution >= 4 is 11.9 Å². The largest absolute Gasteiger partial charge is 0.454 e. The molecule has 0 heterocycles. The summed E-state index contributed by atoms with van der Waals surface area (Å²) < 4.78 is 28.0. The number of benzene rings is 3. The van der Waals surface area contributed by atoms with Crippen LogP contribution < -0.4 is 0 Å². The molecule has 2 aliphatic rings. The molecule has 194 valence electrons. The Morgan fingerprint density at radius 1 is 0.789 bits per heavy atom. The lowest BCUT2D eigenvalue weighted by molar-refractivity contribution is -0.122. The number of halogens is 1. The topological polar surface area (TPSA) is 52.6 Å². The van der Waals surface area contributed by atoms with Crippen LogP contribution in [0.2, 0.25) is 0 Å². The van der Waals surface area contributed by atoms with E-state index in [1.54, 1.807) is 54.6 Å². The standard InChI is InChI=1S/C33H31FO4/c1-21-13-12-19-26(34)27(21)28-25-18-10-11-20-33(25,3)22(2)29(37-31(35)23-14-6-4-7-15-23)30(28)38-32(36)24-16-8-5-9-17-24/h4-20,22,25,28-30H,1-3H3. The molecule has 0 aromatic heterocycles. The quantitative estimate of drug-likeness (QED) is 0.345. The first-order valence-corrected chi connectivity index (χ1v) is 12.9. The summed E-state index contributed by atoms with van der Waals surface area (Å²) in [6.07, 6.45) is 6.35. The van der Waals surface area contributed by atoms with Gasteiger partial charge in [0.2, 0.25) is 0 Å². The Labute approximate surface area is 222 Å². The summed E-state index contributed by atoms with van der Waals surface area (Å²) in [4.78, 5) is 26.8. The molecule has 0 bridgehead atoms. The van der Waals surface area contributed by atoms with Crippen LogP contribution in [-0.2, 0) is 9.47 Å². The summed E-state index contributed by atoms with van der Waals surface area (Å²) in [5.74, 6) is -2.44. The first kappa shape index (κ1) is 25.7. The Kier molecular flexibility index (Phi) is 7.02. The van der Waals surface area contributed by atoms with Crippen LogP contribution in [0.4, 0.5) is 4.39 Å². The van der Waals surface area contributed by atoms with Gasteiger partial charge in [-0.2, -0.15) is 0 Å². The van der Waals surface area contributed by atoms with Crippen molar-refractivity contribution < 1.29 is 23.5 Å². The third kappa shape index (κ3) is 4.58. The number of carbonyl (C=O) groups is 2. The van der Waals surface area contributed by atoms with E-state index >= 15 is 4.39 Å². The van der Waals surface area contributed by atoms with Crippen LogP contribution in [0.1, 0.15) is 51.6 Å². The second kappa shape index (κ2) is 10.4. The van der Waals surface area contributed by atoms with Crippen LogP contribution in [0.15, 0.2) is 103 Å². The van der Waals surface area contributed by atoms with E-state index in [2.05, 4.69) is 19.1 Å². The lowest BCUT2D eigenvalue weighted by Gasteiger charge is -2.54. The number of fused-ring (bicyclic) bond motifs is 1. The van der Waals surface area contributed by atoms with Gasteiger partial charge in [-0.05, 0) is 59.7 Å². The monoisotopic (exact) mass is 510 g/mol. The molecule has 3 aromatic rings. The Morgan fingerprint density at radius 3 is 1.95 bits per heavy atom. The van der Waals surface area contributed by atoms with E-state index in [9.17, 15) is 9.59 Å². The lowest BCUT2D eigenvalue weighted by Crippen LogP contribution is -2.58. The molecule has 0 N–H and O–H groups in total. The zero-order valence-electron chi connectivity index (χ0n) is 21.7. The zero-order valence-corrected chi connectivity index (χ0v) is 21.7. The van der Waals surface area contributed by atoms with E-state index in [4.69, 9.17) is 9.47 Å². The minimum Gasteiger partial charge on any atom is -0.454 e. The third-order valence-electron chi connectivity index (χ3n) is 8.25. The second-order valence-electron chi connectivity index (χ2n) is 10.4. The van der Waals surface area contributed by atoms with Crippen molar-refractivity contribution in [2.24, 2.45) is 17.3 Å². The summed E-state index contributed by atoms with van der Waals surface area (Å²) in [6.45, 7) is 5.97. The molecule has 1 fully saturated rings. The highest BCUT2D eigenvalue weighted by molar-refractivity contribution is 5.90. The summed E-state index contributed by atoms with van der Waals surface area (Å²) in [5, 5.41) is 0. The number of aryl methyl sites for hydroxylation is 1. The van der Waals surface area contributed by atoms with Crippen molar-refractivity contribution in [3.8, 4) is 0 Å². The van der Waals surface area contributed by atoms with Gasteiger partial charge < -0.3 is 9.47 Å². The highest BCUT2D eigenvalue weighted by Gasteiger charge is 2.58. The fourth-order valence-corrected chi connectivity index (χ4v) is 6.03. The minimum absolute atomic E-state index is 0.196. The highest BCUT2D eigenvalue weighted by Crippen LogP contribution is 2.57. The molecule has 38 heavy (non-hydrogen) atoms. The predicted molar refractivity (Wildman–Crippen MR) is 144 cm³/mol. The Bertz CT molecular complexity index is 1360. The van der Waals surface area contributed by atoms with Gasteiger partial charge in [0, 0.05) is 11.8 Å². The smallest absolute Gasteiger partial charge is 0.338 e. The summed E-state index contributed by atoms with van der Waals surface area (Å²) in [6, 6.07) is 22.4. The van der Waals surface area contributed by atoms with E-state index in [1.165, 1.54) is 6.07 Å². The van der Waals surface area contributed by atoms with Gasteiger partial charge in [-0.15, -0.1) is 0 Å². The van der Waals surface area contributed by atoms with Gasteiger partial charge in [0.05, 0.1) is 11.1 Å². The maximum Gasteiger partial charge on any atom is 0.338 e. The van der Waals surface area contributed by atoms with Gasteiger partial charge in [0.25, 0.3) is 0 Å². The molecule has 4 nitrogen and oxygen atoms in total. The predicted octanol–water partition coefficient (Wildman–Crippen LogP) is 7.07. The van der Waals surface area contributed by atoms with E-state index in [1.807, 2.05) is 44.2 Å². The Hall–Kier alpha value is -3.99. The maximum atomic E-state index is 15.6. The van der Waals surface area contributed by atoms with E-state index in [0.29, 0.717) is 16.7 Å². The average Bonchev–Trinajstić information content (AvgIpc) is 2.93. The number of ether oxygens (including phenoxy) is 2. The SMILES string of the molecule is Cc1cccc(F)c1C1C(OC(=O)c2ccccc2)C(OC(=O)c2ccccc2)C(C)C2(C)C=CC=CC12. The fourth-order valence-electron chi connectivity index (χ4n) is 6.03. The molecule has 0 radical (unpaired) electrons. The summed E-state index contributed by atoms with van der Waals surface area (Å²) in [7, 11) is 0. The number of carbonyl (C=O) groups excluding carboxylic acids is 2. The van der Waals surface area contributed by atoms with Gasteiger partial charge in [-0.25, -0.2) is 14.0 Å². The van der Waals surface area contributed by atoms with E-state index in [0.717, 1.165) is 5.56 Å². The van der Waals surface area contributed by atoms with Crippen molar-refractivity contribution in [1.82, 2.24) is 0 Å². The molecule has 5 rings (SSSR count). The zero-order chi connectivity index (χ0) is 26.9. The number of esters is 2. The molecule has 0 aliphatic heterocycles. The van der Waals surface area contributed by atoms with Crippen LogP contribution in [-0.4, -0.2) is 24.1 Å². The van der Waals surface area contributed by atoms with Gasteiger partial charge in [0.1, 0.15) is 18.0 Å². The van der Waals surface area contributed by atoms with Crippen molar-refractivity contribution in [2.45, 2.75) is 38.9 Å². The van der Waals surface area contributed by atoms with Gasteiger partial charge in [-0.3, -0.25) is 0 Å². The number of hydrogen-bond donors (Lipinski definition) is 0. The van der Waals surface area contributed by atoms with Crippen molar-refractivity contribution in [1.29, 1.82) is 0 Å². The normalized spacial score (nSPS) is 27.8. The molecule has 6 atom stereocenters. The van der Waals surface area contributed by atoms with Crippen LogP contribution in [0.25, 0.3) is 0 Å². The van der Waals surface area contributed by atoms with Crippen molar-refractivity contribution in [2.75, 3.05) is 0 Å². The highest BCUT2D eigenvalue weighted by atomic mass is 19.1. The molecule has 1 saturated carbocycles. The molecular weight excluding hydrogens is 479 g/mol. The molecule has 2 aliphatic carbocycles. The van der Waals surface area contributed by atoms with Gasteiger partial charge in [0.15, 0.2) is 0 Å². The van der Waals surface area contributed by atoms with E-state index < -0.39 is 35.5 Å². The van der Waals surface area contributed by atoms with Crippen LogP contribution in [0.5, 0.6) is 0 Å². The lowest BCUT2D eigenvalue weighted by atomic mass is 9.53. The van der Waals surface area contributed by atoms with Crippen molar-refractivity contribution in [3.05, 3.63) is 131 Å². The molecule has 0 saturated heterocycles.